The second kappa shape index (κ2) is 6.88. The highest BCUT2D eigenvalue weighted by Gasteiger charge is 2.15. The third kappa shape index (κ3) is 4.42. The van der Waals surface area contributed by atoms with Gasteiger partial charge in [-0.2, -0.15) is 0 Å². The summed E-state index contributed by atoms with van der Waals surface area (Å²) < 4.78 is 0. The first-order valence-corrected chi connectivity index (χ1v) is 7.49. The third-order valence-electron chi connectivity index (χ3n) is 3.76. The van der Waals surface area contributed by atoms with Crippen molar-refractivity contribution in [3.8, 4) is 0 Å². The molecule has 2 N–H and O–H groups in total. The Bertz CT molecular complexity index is 540. The van der Waals surface area contributed by atoms with E-state index in [1.54, 1.807) is 0 Å². The van der Waals surface area contributed by atoms with Crippen LogP contribution in [-0.4, -0.2) is 11.7 Å². The molecule has 0 saturated heterocycles. The highest BCUT2D eigenvalue weighted by molar-refractivity contribution is 5.29. The summed E-state index contributed by atoms with van der Waals surface area (Å²) in [4.78, 5) is 0. The Kier molecular flexibility index (Phi) is 5.16. The van der Waals surface area contributed by atoms with Crippen LogP contribution in [0.3, 0.4) is 0 Å². The Morgan fingerprint density at radius 2 is 1.57 bits per heavy atom. The minimum Gasteiger partial charge on any atom is -0.394 e. The van der Waals surface area contributed by atoms with Crippen LogP contribution in [-0.2, 0) is 12.0 Å². The first-order valence-electron chi connectivity index (χ1n) is 7.49. The van der Waals surface area contributed by atoms with Gasteiger partial charge in [0.25, 0.3) is 0 Å². The molecular weight excluding hydrogens is 258 g/mol. The fraction of sp³-hybridized carbons (Fsp3) is 0.368. The van der Waals surface area contributed by atoms with Crippen LogP contribution in [0.5, 0.6) is 0 Å². The van der Waals surface area contributed by atoms with Crippen molar-refractivity contribution in [3.05, 3.63) is 71.3 Å². The standard InChI is InChI=1S/C19H25NO/c1-19(2,3)17-11-9-16(10-12-17)18(14-21)20-13-15-7-5-4-6-8-15/h4-12,18,20-21H,13-14H2,1-3H3. The molecular formula is C19H25NO. The van der Waals surface area contributed by atoms with E-state index in [0.29, 0.717) is 0 Å². The second-order valence-corrected chi connectivity index (χ2v) is 6.47. The molecule has 0 aliphatic rings. The van der Waals surface area contributed by atoms with Gasteiger partial charge in [-0.25, -0.2) is 0 Å². The Morgan fingerprint density at radius 1 is 0.952 bits per heavy atom. The second-order valence-electron chi connectivity index (χ2n) is 6.47. The predicted octanol–water partition coefficient (Wildman–Crippen LogP) is 3.81. The molecule has 0 aliphatic heterocycles. The highest BCUT2D eigenvalue weighted by Crippen LogP contribution is 2.24. The van der Waals surface area contributed by atoms with E-state index in [-0.39, 0.29) is 18.1 Å². The molecule has 0 saturated carbocycles. The van der Waals surface area contributed by atoms with E-state index in [0.717, 1.165) is 12.1 Å². The van der Waals surface area contributed by atoms with Gasteiger partial charge in [0.2, 0.25) is 0 Å². The summed E-state index contributed by atoms with van der Waals surface area (Å²) in [6.07, 6.45) is 0. The molecule has 0 aliphatic carbocycles. The lowest BCUT2D eigenvalue weighted by Crippen LogP contribution is -2.24. The maximum absolute atomic E-state index is 9.62. The van der Waals surface area contributed by atoms with Gasteiger partial charge in [-0.3, -0.25) is 0 Å². The Balaban J connectivity index is 2.04. The molecule has 2 nitrogen and oxygen atoms in total. The maximum Gasteiger partial charge on any atom is 0.0626 e. The minimum atomic E-state index is -0.0285. The van der Waals surface area contributed by atoms with Crippen LogP contribution in [0, 0.1) is 0 Å². The number of rotatable bonds is 5. The lowest BCUT2D eigenvalue weighted by atomic mass is 9.86. The van der Waals surface area contributed by atoms with Gasteiger partial charge in [0.15, 0.2) is 0 Å². The average Bonchev–Trinajstić information content (AvgIpc) is 2.48. The largest absolute Gasteiger partial charge is 0.394 e. The van der Waals surface area contributed by atoms with Crippen LogP contribution < -0.4 is 5.32 Å². The Labute approximate surface area is 127 Å². The number of hydrogen-bond acceptors (Lipinski definition) is 2. The third-order valence-corrected chi connectivity index (χ3v) is 3.76. The van der Waals surface area contributed by atoms with E-state index in [1.807, 2.05) is 18.2 Å². The molecule has 0 bridgehead atoms. The number of hydrogen-bond donors (Lipinski definition) is 2. The van der Waals surface area contributed by atoms with Gasteiger partial charge in [0, 0.05) is 6.54 Å². The van der Waals surface area contributed by atoms with Gasteiger partial charge < -0.3 is 10.4 Å². The average molecular weight is 283 g/mol. The Morgan fingerprint density at radius 3 is 2.10 bits per heavy atom. The summed E-state index contributed by atoms with van der Waals surface area (Å²) in [5.41, 5.74) is 3.82. The molecule has 0 fully saturated rings. The van der Waals surface area contributed by atoms with Crippen molar-refractivity contribution in [1.29, 1.82) is 0 Å². The first-order chi connectivity index (χ1) is 10.0. The monoisotopic (exact) mass is 283 g/mol. The molecule has 112 valence electrons. The Hall–Kier alpha value is -1.64. The SMILES string of the molecule is CC(C)(C)c1ccc(C(CO)NCc2ccccc2)cc1. The van der Waals surface area contributed by atoms with Crippen LogP contribution >= 0.6 is 0 Å². The van der Waals surface area contributed by atoms with Crippen molar-refractivity contribution in [2.24, 2.45) is 0 Å². The van der Waals surface area contributed by atoms with Gasteiger partial charge in [-0.1, -0.05) is 75.4 Å². The van der Waals surface area contributed by atoms with Crippen molar-refractivity contribution < 1.29 is 5.11 Å². The minimum absolute atomic E-state index is 0.0285. The van der Waals surface area contributed by atoms with E-state index < -0.39 is 0 Å². The molecule has 1 unspecified atom stereocenters. The van der Waals surface area contributed by atoms with Crippen molar-refractivity contribution in [2.75, 3.05) is 6.61 Å². The fourth-order valence-corrected chi connectivity index (χ4v) is 2.34. The number of aliphatic hydroxyl groups excluding tert-OH is 1. The van der Waals surface area contributed by atoms with Crippen molar-refractivity contribution in [1.82, 2.24) is 5.32 Å². The van der Waals surface area contributed by atoms with Gasteiger partial charge in [0.1, 0.15) is 0 Å². The maximum atomic E-state index is 9.62. The first kappa shape index (κ1) is 15.7. The van der Waals surface area contributed by atoms with E-state index in [1.165, 1.54) is 11.1 Å². The van der Waals surface area contributed by atoms with Crippen molar-refractivity contribution in [2.45, 2.75) is 38.8 Å². The summed E-state index contributed by atoms with van der Waals surface area (Å²) in [6, 6.07) is 18.8. The molecule has 21 heavy (non-hydrogen) atoms. The summed E-state index contributed by atoms with van der Waals surface area (Å²) in [5.74, 6) is 0. The summed E-state index contributed by atoms with van der Waals surface area (Å²) >= 11 is 0. The van der Waals surface area contributed by atoms with Crippen LogP contribution in [0.1, 0.15) is 43.5 Å². The van der Waals surface area contributed by atoms with Crippen molar-refractivity contribution in [3.63, 3.8) is 0 Å². The normalized spacial score (nSPS) is 13.1. The molecule has 2 aromatic carbocycles. The van der Waals surface area contributed by atoms with E-state index in [4.69, 9.17) is 0 Å². The molecule has 1 atom stereocenters. The lowest BCUT2D eigenvalue weighted by Gasteiger charge is -2.21. The highest BCUT2D eigenvalue weighted by atomic mass is 16.3. The van der Waals surface area contributed by atoms with Crippen LogP contribution in [0.25, 0.3) is 0 Å². The predicted molar refractivity (Wildman–Crippen MR) is 88.3 cm³/mol. The zero-order valence-corrected chi connectivity index (χ0v) is 13.1. The topological polar surface area (TPSA) is 32.3 Å². The van der Waals surface area contributed by atoms with Gasteiger partial charge in [-0.15, -0.1) is 0 Å². The number of aliphatic hydroxyl groups is 1. The van der Waals surface area contributed by atoms with E-state index in [2.05, 4.69) is 62.5 Å². The lowest BCUT2D eigenvalue weighted by molar-refractivity contribution is 0.243. The van der Waals surface area contributed by atoms with Crippen molar-refractivity contribution >= 4 is 0 Å². The van der Waals surface area contributed by atoms with Crippen LogP contribution in [0.15, 0.2) is 54.6 Å². The van der Waals surface area contributed by atoms with E-state index >= 15 is 0 Å². The molecule has 0 spiro atoms. The van der Waals surface area contributed by atoms with Gasteiger partial charge in [-0.05, 0) is 22.1 Å². The smallest absolute Gasteiger partial charge is 0.0626 e. The molecule has 2 aromatic rings. The molecule has 0 aromatic heterocycles. The molecule has 0 amide bonds. The number of nitrogens with one attached hydrogen (secondary N) is 1. The summed E-state index contributed by atoms with van der Waals surface area (Å²) in [5, 5.41) is 13.0. The zero-order chi connectivity index (χ0) is 15.3. The van der Waals surface area contributed by atoms with E-state index in [9.17, 15) is 5.11 Å². The molecule has 2 rings (SSSR count). The fourth-order valence-electron chi connectivity index (χ4n) is 2.34. The molecule has 2 heteroatoms. The quantitative estimate of drug-likeness (QED) is 0.874. The summed E-state index contributed by atoms with van der Waals surface area (Å²) in [6.45, 7) is 7.48. The van der Waals surface area contributed by atoms with Crippen LogP contribution in [0.4, 0.5) is 0 Å². The molecule has 0 radical (unpaired) electrons. The number of benzene rings is 2. The zero-order valence-electron chi connectivity index (χ0n) is 13.1. The summed E-state index contributed by atoms with van der Waals surface area (Å²) in [7, 11) is 0. The molecule has 0 heterocycles. The van der Waals surface area contributed by atoms with Gasteiger partial charge >= 0.3 is 0 Å². The van der Waals surface area contributed by atoms with Gasteiger partial charge in [0.05, 0.1) is 12.6 Å². The van der Waals surface area contributed by atoms with Crippen LogP contribution in [0.2, 0.25) is 0 Å².